The minimum absolute atomic E-state index is 0.236. The fraction of sp³-hybridized carbons (Fsp3) is 0.636. The molecule has 1 heterocycles. The van der Waals surface area contributed by atoms with Crippen LogP contribution in [0.5, 0.6) is 0 Å². The number of hydrogen-bond acceptors (Lipinski definition) is 4. The van der Waals surface area contributed by atoms with Crippen molar-refractivity contribution >= 4 is 24.5 Å². The lowest BCUT2D eigenvalue weighted by molar-refractivity contribution is -0.148. The second-order valence-electron chi connectivity index (χ2n) is 3.85. The molecule has 17 heavy (non-hydrogen) atoms. The Hall–Kier alpha value is -1.19. The van der Waals surface area contributed by atoms with Gasteiger partial charge in [0.2, 0.25) is 5.91 Å². The van der Waals surface area contributed by atoms with Crippen molar-refractivity contribution in [2.45, 2.75) is 24.9 Å². The van der Waals surface area contributed by atoms with Crippen molar-refractivity contribution in [2.24, 2.45) is 0 Å². The molecule has 1 fully saturated rings. The van der Waals surface area contributed by atoms with E-state index < -0.39 is 18.1 Å². The van der Waals surface area contributed by atoms with Gasteiger partial charge in [-0.05, 0) is 12.8 Å². The fourth-order valence-corrected chi connectivity index (χ4v) is 2.18. The summed E-state index contributed by atoms with van der Waals surface area (Å²) in [4.78, 5) is 24.5. The zero-order valence-corrected chi connectivity index (χ0v) is 10.3. The predicted molar refractivity (Wildman–Crippen MR) is 66.8 cm³/mol. The first-order valence-electron chi connectivity index (χ1n) is 5.42. The lowest BCUT2D eigenvalue weighted by atomic mass is 10.2. The molecule has 6 heteroatoms. The van der Waals surface area contributed by atoms with Crippen LogP contribution in [0.4, 0.5) is 0 Å². The summed E-state index contributed by atoms with van der Waals surface area (Å²) in [7, 11) is 0. The van der Waals surface area contributed by atoms with Crippen LogP contribution in [0.25, 0.3) is 0 Å². The molecule has 2 atom stereocenters. The summed E-state index contributed by atoms with van der Waals surface area (Å²) in [5.41, 5.74) is 0. The highest BCUT2D eigenvalue weighted by Crippen LogP contribution is 2.18. The minimum atomic E-state index is -0.953. The van der Waals surface area contributed by atoms with E-state index in [0.29, 0.717) is 18.7 Å². The van der Waals surface area contributed by atoms with Crippen LogP contribution in [-0.2, 0) is 9.59 Å². The Morgan fingerprint density at radius 3 is 2.88 bits per heavy atom. The monoisotopic (exact) mass is 256 g/mol. The molecule has 2 N–H and O–H groups in total. The van der Waals surface area contributed by atoms with E-state index in [0.717, 1.165) is 6.42 Å². The summed E-state index contributed by atoms with van der Waals surface area (Å²) >= 11 is 4.08. The van der Waals surface area contributed by atoms with Crippen LogP contribution in [0.3, 0.4) is 0 Å². The number of carboxylic acids is 1. The number of carbonyl (C=O) groups excluding carboxylic acids is 1. The van der Waals surface area contributed by atoms with Gasteiger partial charge in [0.05, 0.1) is 12.6 Å². The Labute approximate surface area is 106 Å². The second-order valence-corrected chi connectivity index (χ2v) is 4.21. The molecular formula is C11H16N2O3S. The van der Waals surface area contributed by atoms with Crippen molar-refractivity contribution in [1.82, 2.24) is 10.2 Å². The number of rotatable bonds is 5. The highest BCUT2D eigenvalue weighted by atomic mass is 32.1. The van der Waals surface area contributed by atoms with Crippen LogP contribution in [0, 0.1) is 12.3 Å². The summed E-state index contributed by atoms with van der Waals surface area (Å²) in [6.45, 7) is 0.750. The SMILES string of the molecule is C#CCN[C@@H](CS)C(=O)N1CCC[C@H]1C(=O)O. The van der Waals surface area contributed by atoms with Gasteiger partial charge in [0.25, 0.3) is 0 Å². The van der Waals surface area contributed by atoms with Gasteiger partial charge < -0.3 is 10.0 Å². The Bertz CT molecular complexity index is 340. The lowest BCUT2D eigenvalue weighted by Gasteiger charge is -2.26. The average Bonchev–Trinajstić information content (AvgIpc) is 2.78. The van der Waals surface area contributed by atoms with Crippen molar-refractivity contribution < 1.29 is 14.7 Å². The molecule has 0 radical (unpaired) electrons. The Balaban J connectivity index is 2.67. The van der Waals surface area contributed by atoms with Gasteiger partial charge in [0.1, 0.15) is 6.04 Å². The number of nitrogens with zero attached hydrogens (tertiary/aromatic N) is 1. The maximum Gasteiger partial charge on any atom is 0.326 e. The quantitative estimate of drug-likeness (QED) is 0.462. The molecule has 0 aliphatic carbocycles. The van der Waals surface area contributed by atoms with Crippen molar-refractivity contribution in [1.29, 1.82) is 0 Å². The smallest absolute Gasteiger partial charge is 0.326 e. The number of amides is 1. The molecule has 0 unspecified atom stereocenters. The van der Waals surface area contributed by atoms with E-state index in [2.05, 4.69) is 23.9 Å². The van der Waals surface area contributed by atoms with Crippen LogP contribution in [0.1, 0.15) is 12.8 Å². The third-order valence-electron chi connectivity index (χ3n) is 2.75. The van der Waals surface area contributed by atoms with E-state index >= 15 is 0 Å². The maximum atomic E-state index is 12.1. The number of likely N-dealkylation sites (tertiary alicyclic amines) is 1. The molecule has 1 rings (SSSR count). The Morgan fingerprint density at radius 2 is 2.35 bits per heavy atom. The molecule has 0 aromatic heterocycles. The van der Waals surface area contributed by atoms with Crippen LogP contribution in [-0.4, -0.2) is 52.8 Å². The van der Waals surface area contributed by atoms with Crippen LogP contribution in [0.2, 0.25) is 0 Å². The molecule has 5 nitrogen and oxygen atoms in total. The largest absolute Gasteiger partial charge is 0.480 e. The zero-order chi connectivity index (χ0) is 12.8. The van der Waals surface area contributed by atoms with E-state index in [1.807, 2.05) is 0 Å². The predicted octanol–water partition coefficient (Wildman–Crippen LogP) is -0.417. The third kappa shape index (κ3) is 3.38. The molecule has 1 amide bonds. The zero-order valence-electron chi connectivity index (χ0n) is 9.43. The normalized spacial score (nSPS) is 20.9. The first kappa shape index (κ1) is 13.9. The summed E-state index contributed by atoms with van der Waals surface area (Å²) < 4.78 is 0. The van der Waals surface area contributed by atoms with Crippen molar-refractivity contribution in [3.63, 3.8) is 0 Å². The third-order valence-corrected chi connectivity index (χ3v) is 3.12. The van der Waals surface area contributed by atoms with Crippen LogP contribution >= 0.6 is 12.6 Å². The van der Waals surface area contributed by atoms with Crippen LogP contribution in [0.15, 0.2) is 0 Å². The lowest BCUT2D eigenvalue weighted by Crippen LogP contribution is -2.51. The average molecular weight is 256 g/mol. The summed E-state index contributed by atoms with van der Waals surface area (Å²) in [5.74, 6) is 1.49. The molecule has 0 aromatic carbocycles. The van der Waals surface area contributed by atoms with E-state index in [9.17, 15) is 9.59 Å². The van der Waals surface area contributed by atoms with Gasteiger partial charge in [-0.3, -0.25) is 10.1 Å². The van der Waals surface area contributed by atoms with E-state index in [1.165, 1.54) is 4.90 Å². The highest BCUT2D eigenvalue weighted by Gasteiger charge is 2.36. The minimum Gasteiger partial charge on any atom is -0.480 e. The molecular weight excluding hydrogens is 240 g/mol. The molecule has 0 saturated carbocycles. The van der Waals surface area contributed by atoms with Gasteiger partial charge in [-0.1, -0.05) is 5.92 Å². The van der Waals surface area contributed by atoms with Gasteiger partial charge >= 0.3 is 5.97 Å². The summed E-state index contributed by atoms with van der Waals surface area (Å²) in [6.07, 6.45) is 6.33. The number of terminal acetylenes is 1. The number of nitrogens with one attached hydrogen (secondary N) is 1. The summed E-state index contributed by atoms with van der Waals surface area (Å²) in [6, 6.07) is -1.23. The molecule has 1 saturated heterocycles. The number of aliphatic carboxylic acids is 1. The van der Waals surface area contributed by atoms with Crippen molar-refractivity contribution in [3.05, 3.63) is 0 Å². The first-order chi connectivity index (χ1) is 8.11. The molecule has 1 aliphatic heterocycles. The molecule has 1 aliphatic rings. The number of carbonyl (C=O) groups is 2. The molecule has 0 bridgehead atoms. The topological polar surface area (TPSA) is 69.6 Å². The van der Waals surface area contributed by atoms with E-state index in [4.69, 9.17) is 11.5 Å². The van der Waals surface area contributed by atoms with Gasteiger partial charge in [-0.2, -0.15) is 12.6 Å². The van der Waals surface area contributed by atoms with Crippen molar-refractivity contribution in [3.8, 4) is 12.3 Å². The fourth-order valence-electron chi connectivity index (χ4n) is 1.90. The molecule has 0 aromatic rings. The second kappa shape index (κ2) is 6.52. The van der Waals surface area contributed by atoms with Gasteiger partial charge in [0, 0.05) is 12.3 Å². The highest BCUT2D eigenvalue weighted by molar-refractivity contribution is 7.80. The van der Waals surface area contributed by atoms with Gasteiger partial charge in [-0.25, -0.2) is 4.79 Å². The van der Waals surface area contributed by atoms with E-state index in [-0.39, 0.29) is 12.5 Å². The maximum absolute atomic E-state index is 12.1. The number of thiol groups is 1. The van der Waals surface area contributed by atoms with Crippen LogP contribution < -0.4 is 5.32 Å². The molecule has 94 valence electrons. The Morgan fingerprint density at radius 1 is 1.65 bits per heavy atom. The Kier molecular flexibility index (Phi) is 5.32. The van der Waals surface area contributed by atoms with Gasteiger partial charge in [0.15, 0.2) is 0 Å². The van der Waals surface area contributed by atoms with E-state index in [1.54, 1.807) is 0 Å². The van der Waals surface area contributed by atoms with Crippen molar-refractivity contribution in [2.75, 3.05) is 18.8 Å². The standard InChI is InChI=1S/C11H16N2O3S/c1-2-5-12-8(7-17)10(14)13-6-3-4-9(13)11(15)16/h1,8-9,12,17H,3-7H2,(H,15,16)/t8-,9-/m0/s1. The van der Waals surface area contributed by atoms with Gasteiger partial charge in [-0.15, -0.1) is 6.42 Å². The first-order valence-corrected chi connectivity index (χ1v) is 6.06. The number of hydrogen-bond donors (Lipinski definition) is 3. The summed E-state index contributed by atoms with van der Waals surface area (Å²) in [5, 5.41) is 11.9. The molecule has 0 spiro atoms. The number of carboxylic acid groups (broad SMARTS) is 1.